The molecule has 1 aliphatic rings. The Labute approximate surface area is 124 Å². The van der Waals surface area contributed by atoms with Crippen molar-refractivity contribution in [3.63, 3.8) is 0 Å². The lowest BCUT2D eigenvalue weighted by atomic mass is 9.97. The molecule has 0 aliphatic carbocycles. The van der Waals surface area contributed by atoms with Crippen LogP contribution in [0.2, 0.25) is 0 Å². The van der Waals surface area contributed by atoms with Crippen LogP contribution in [0.3, 0.4) is 0 Å². The van der Waals surface area contributed by atoms with Crippen molar-refractivity contribution in [1.82, 2.24) is 10.2 Å². The maximum atomic E-state index is 12.0. The molecule has 4 nitrogen and oxygen atoms in total. The van der Waals surface area contributed by atoms with Crippen molar-refractivity contribution in [3.8, 4) is 0 Å². The van der Waals surface area contributed by atoms with Gasteiger partial charge >= 0.3 is 6.09 Å². The molecule has 0 aromatic rings. The van der Waals surface area contributed by atoms with Crippen LogP contribution >= 0.6 is 0 Å². The lowest BCUT2D eigenvalue weighted by molar-refractivity contribution is 0.0194. The second-order valence-electron chi connectivity index (χ2n) is 7.08. The van der Waals surface area contributed by atoms with Gasteiger partial charge in [0.25, 0.3) is 0 Å². The number of piperidine rings is 1. The number of ether oxygens (including phenoxy) is 1. The van der Waals surface area contributed by atoms with E-state index in [-0.39, 0.29) is 6.09 Å². The summed E-state index contributed by atoms with van der Waals surface area (Å²) < 4.78 is 5.42. The third-order valence-electron chi connectivity index (χ3n) is 4.14. The van der Waals surface area contributed by atoms with Gasteiger partial charge in [0.2, 0.25) is 0 Å². The third kappa shape index (κ3) is 5.70. The van der Waals surface area contributed by atoms with Crippen LogP contribution in [0.5, 0.6) is 0 Å². The Morgan fingerprint density at radius 3 is 2.30 bits per heavy atom. The summed E-state index contributed by atoms with van der Waals surface area (Å²) in [6.07, 6.45) is 3.05. The van der Waals surface area contributed by atoms with Gasteiger partial charge in [-0.3, -0.25) is 0 Å². The van der Waals surface area contributed by atoms with E-state index in [1.807, 2.05) is 25.7 Å². The van der Waals surface area contributed by atoms with Crippen LogP contribution < -0.4 is 5.32 Å². The summed E-state index contributed by atoms with van der Waals surface area (Å²) in [6, 6.07) is 1.07. The van der Waals surface area contributed by atoms with Gasteiger partial charge in [0.05, 0.1) is 0 Å². The van der Waals surface area contributed by atoms with Gasteiger partial charge < -0.3 is 15.0 Å². The minimum absolute atomic E-state index is 0.175. The van der Waals surface area contributed by atoms with Crippen LogP contribution in [-0.2, 0) is 4.74 Å². The Balaban J connectivity index is 2.35. The Bertz CT molecular complexity index is 304. The first-order chi connectivity index (χ1) is 9.23. The second kappa shape index (κ2) is 7.30. The molecule has 0 spiro atoms. The van der Waals surface area contributed by atoms with E-state index < -0.39 is 5.60 Å². The van der Waals surface area contributed by atoms with E-state index in [0.29, 0.717) is 18.0 Å². The zero-order valence-electron chi connectivity index (χ0n) is 14.0. The predicted molar refractivity (Wildman–Crippen MR) is 82.9 cm³/mol. The number of likely N-dealkylation sites (tertiary alicyclic amines) is 1. The number of rotatable bonds is 4. The fourth-order valence-electron chi connectivity index (χ4n) is 2.44. The summed E-state index contributed by atoms with van der Waals surface area (Å²) in [7, 11) is 0. The zero-order chi connectivity index (χ0) is 15.3. The summed E-state index contributed by atoms with van der Waals surface area (Å²) in [5.74, 6) is 0.693. The van der Waals surface area contributed by atoms with Gasteiger partial charge in [-0.25, -0.2) is 4.79 Å². The molecule has 2 atom stereocenters. The van der Waals surface area contributed by atoms with Crippen LogP contribution in [0, 0.1) is 5.92 Å². The van der Waals surface area contributed by atoms with Crippen molar-refractivity contribution in [2.45, 2.75) is 78.5 Å². The summed E-state index contributed by atoms with van der Waals surface area (Å²) in [4.78, 5) is 13.8. The van der Waals surface area contributed by atoms with E-state index in [1.165, 1.54) is 6.42 Å². The van der Waals surface area contributed by atoms with E-state index in [2.05, 4.69) is 26.1 Å². The van der Waals surface area contributed by atoms with Crippen LogP contribution in [-0.4, -0.2) is 41.8 Å². The average Bonchev–Trinajstić information content (AvgIpc) is 2.36. The Hall–Kier alpha value is -0.770. The van der Waals surface area contributed by atoms with E-state index in [9.17, 15) is 4.79 Å². The Morgan fingerprint density at radius 2 is 1.85 bits per heavy atom. The lowest BCUT2D eigenvalue weighted by Gasteiger charge is -2.35. The maximum absolute atomic E-state index is 12.0. The molecule has 0 aromatic heterocycles. The maximum Gasteiger partial charge on any atom is 0.410 e. The standard InChI is InChI=1S/C16H32N2O2/c1-7-12(2)13(3)17-14-8-10-18(11-9-14)15(19)20-16(4,5)6/h12-14,17H,7-11H2,1-6H3. The van der Waals surface area contributed by atoms with Gasteiger partial charge in [-0.1, -0.05) is 20.3 Å². The molecule has 0 aromatic carbocycles. The van der Waals surface area contributed by atoms with Crippen LogP contribution in [0.15, 0.2) is 0 Å². The van der Waals surface area contributed by atoms with E-state index >= 15 is 0 Å². The number of nitrogens with one attached hydrogen (secondary N) is 1. The van der Waals surface area contributed by atoms with E-state index in [1.54, 1.807) is 0 Å². The Kier molecular flexibility index (Phi) is 6.31. The average molecular weight is 284 g/mol. The highest BCUT2D eigenvalue weighted by atomic mass is 16.6. The SMILES string of the molecule is CCC(C)C(C)NC1CCN(C(=O)OC(C)(C)C)CC1. The highest BCUT2D eigenvalue weighted by Crippen LogP contribution is 2.17. The zero-order valence-corrected chi connectivity index (χ0v) is 14.0. The molecule has 1 amide bonds. The largest absolute Gasteiger partial charge is 0.444 e. The molecular formula is C16H32N2O2. The molecular weight excluding hydrogens is 252 g/mol. The van der Waals surface area contributed by atoms with Crippen molar-refractivity contribution in [1.29, 1.82) is 0 Å². The monoisotopic (exact) mass is 284 g/mol. The van der Waals surface area contributed by atoms with Crippen LogP contribution in [0.1, 0.15) is 60.8 Å². The number of hydrogen-bond acceptors (Lipinski definition) is 3. The molecule has 1 saturated heterocycles. The van der Waals surface area contributed by atoms with Crippen LogP contribution in [0.25, 0.3) is 0 Å². The molecule has 1 fully saturated rings. The van der Waals surface area contributed by atoms with Gasteiger partial charge in [-0.2, -0.15) is 0 Å². The topological polar surface area (TPSA) is 41.6 Å². The van der Waals surface area contributed by atoms with Crippen molar-refractivity contribution in [3.05, 3.63) is 0 Å². The summed E-state index contributed by atoms with van der Waals surface area (Å²) in [5.41, 5.74) is -0.406. The first-order valence-electron chi connectivity index (χ1n) is 7.97. The smallest absolute Gasteiger partial charge is 0.410 e. The quantitative estimate of drug-likeness (QED) is 0.860. The molecule has 0 saturated carbocycles. The molecule has 1 N–H and O–H groups in total. The van der Waals surface area contributed by atoms with Gasteiger partial charge in [0.1, 0.15) is 5.60 Å². The lowest BCUT2D eigenvalue weighted by Crippen LogP contribution is -2.49. The number of amides is 1. The molecule has 20 heavy (non-hydrogen) atoms. The molecule has 2 unspecified atom stereocenters. The molecule has 1 aliphatic heterocycles. The second-order valence-corrected chi connectivity index (χ2v) is 7.08. The first-order valence-corrected chi connectivity index (χ1v) is 7.97. The van der Waals surface area contributed by atoms with Gasteiger partial charge in [-0.15, -0.1) is 0 Å². The summed E-state index contributed by atoms with van der Waals surface area (Å²) in [5, 5.41) is 3.70. The summed E-state index contributed by atoms with van der Waals surface area (Å²) >= 11 is 0. The highest BCUT2D eigenvalue weighted by Gasteiger charge is 2.27. The Morgan fingerprint density at radius 1 is 1.30 bits per heavy atom. The van der Waals surface area contributed by atoms with Crippen molar-refractivity contribution in [2.75, 3.05) is 13.1 Å². The number of carbonyl (C=O) groups is 1. The molecule has 1 rings (SSSR count). The first kappa shape index (κ1) is 17.3. The van der Waals surface area contributed by atoms with Crippen molar-refractivity contribution < 1.29 is 9.53 Å². The molecule has 0 bridgehead atoms. The van der Waals surface area contributed by atoms with Crippen LogP contribution in [0.4, 0.5) is 4.79 Å². The number of hydrogen-bond donors (Lipinski definition) is 1. The molecule has 1 heterocycles. The molecule has 118 valence electrons. The van der Waals surface area contributed by atoms with Gasteiger partial charge in [0, 0.05) is 25.2 Å². The van der Waals surface area contributed by atoms with Crippen molar-refractivity contribution in [2.24, 2.45) is 5.92 Å². The fourth-order valence-corrected chi connectivity index (χ4v) is 2.44. The fraction of sp³-hybridized carbons (Fsp3) is 0.938. The third-order valence-corrected chi connectivity index (χ3v) is 4.14. The van der Waals surface area contributed by atoms with E-state index in [0.717, 1.165) is 25.9 Å². The summed E-state index contributed by atoms with van der Waals surface area (Å²) in [6.45, 7) is 14.1. The predicted octanol–water partition coefficient (Wildman–Crippen LogP) is 3.41. The van der Waals surface area contributed by atoms with Gasteiger partial charge in [0.15, 0.2) is 0 Å². The van der Waals surface area contributed by atoms with E-state index in [4.69, 9.17) is 4.74 Å². The molecule has 0 radical (unpaired) electrons. The minimum Gasteiger partial charge on any atom is -0.444 e. The minimum atomic E-state index is -0.406. The van der Waals surface area contributed by atoms with Crippen molar-refractivity contribution >= 4 is 6.09 Å². The number of nitrogens with zero attached hydrogens (tertiary/aromatic N) is 1. The normalized spacial score (nSPS) is 20.6. The van der Waals surface area contributed by atoms with Gasteiger partial charge in [-0.05, 0) is 46.5 Å². The highest BCUT2D eigenvalue weighted by molar-refractivity contribution is 5.68. The number of carbonyl (C=O) groups excluding carboxylic acids is 1. The molecule has 4 heteroatoms.